The van der Waals surface area contributed by atoms with Crippen molar-refractivity contribution in [3.8, 4) is 0 Å². The van der Waals surface area contributed by atoms with Crippen LogP contribution in [0, 0.1) is 0 Å². The van der Waals surface area contributed by atoms with Crippen LogP contribution in [0.4, 0.5) is 5.69 Å². The summed E-state index contributed by atoms with van der Waals surface area (Å²) in [6.07, 6.45) is 1.84. The second-order valence-corrected chi connectivity index (χ2v) is 2.98. The molecule has 2 nitrogen and oxygen atoms in total. The number of nitrogens with two attached hydrogens (primary N) is 1. The maximum absolute atomic E-state index is 5.65. The van der Waals surface area contributed by atoms with E-state index in [1.54, 1.807) is 0 Å². The molecular formula is C11H16N2. The Morgan fingerprint density at radius 2 is 2.15 bits per heavy atom. The van der Waals surface area contributed by atoms with Crippen LogP contribution in [0.5, 0.6) is 0 Å². The quantitative estimate of drug-likeness (QED) is 0.558. The summed E-state index contributed by atoms with van der Waals surface area (Å²) in [7, 11) is 0. The second-order valence-electron chi connectivity index (χ2n) is 2.98. The van der Waals surface area contributed by atoms with Gasteiger partial charge in [-0.15, -0.1) is 0 Å². The lowest BCUT2D eigenvalue weighted by Gasteiger charge is -1.99. The zero-order valence-electron chi connectivity index (χ0n) is 8.25. The minimum Gasteiger partial charge on any atom is -0.387 e. The van der Waals surface area contributed by atoms with E-state index in [4.69, 9.17) is 5.73 Å². The van der Waals surface area contributed by atoms with Crippen molar-refractivity contribution in [3.63, 3.8) is 0 Å². The highest BCUT2D eigenvalue weighted by Gasteiger charge is 1.93. The van der Waals surface area contributed by atoms with Crippen LogP contribution in [0.2, 0.25) is 0 Å². The van der Waals surface area contributed by atoms with Crippen molar-refractivity contribution in [1.82, 2.24) is 0 Å². The van der Waals surface area contributed by atoms with E-state index < -0.39 is 0 Å². The Kier molecular flexibility index (Phi) is 3.50. The summed E-state index contributed by atoms with van der Waals surface area (Å²) in [5, 5.41) is 0. The molecule has 0 aliphatic heterocycles. The molecule has 0 bridgehead atoms. The Bertz CT molecular complexity index is 303. The number of aryl methyl sites for hydroxylation is 1. The number of rotatable bonds is 3. The second kappa shape index (κ2) is 4.65. The van der Waals surface area contributed by atoms with E-state index in [0.717, 1.165) is 18.5 Å². The van der Waals surface area contributed by atoms with Gasteiger partial charge in [0.2, 0.25) is 0 Å². The van der Waals surface area contributed by atoms with Crippen molar-refractivity contribution < 1.29 is 0 Å². The molecular weight excluding hydrogens is 160 g/mol. The number of aliphatic imine (C=N–C) groups is 1. The Hall–Kier alpha value is -1.31. The van der Waals surface area contributed by atoms with Crippen LogP contribution in [-0.2, 0) is 6.42 Å². The maximum atomic E-state index is 5.65. The summed E-state index contributed by atoms with van der Waals surface area (Å²) in [6, 6.07) is 8.16. The molecule has 0 saturated carbocycles. The van der Waals surface area contributed by atoms with Crippen LogP contribution < -0.4 is 5.73 Å². The van der Waals surface area contributed by atoms with Gasteiger partial charge in [0, 0.05) is 6.42 Å². The van der Waals surface area contributed by atoms with Crippen molar-refractivity contribution in [2.75, 3.05) is 0 Å². The smallest absolute Gasteiger partial charge is 0.0993 e. The lowest BCUT2D eigenvalue weighted by Crippen LogP contribution is -2.08. The Labute approximate surface area is 79.5 Å². The average Bonchev–Trinajstić information content (AvgIpc) is 2.18. The molecule has 0 heterocycles. The standard InChI is InChI=1S/C11H16N2/c1-3-9-6-5-7-10(8-9)13-11(12)4-2/h5-8H,3-4H2,1-2H3,(H2,12,13). The first-order valence-corrected chi connectivity index (χ1v) is 4.68. The molecule has 70 valence electrons. The van der Waals surface area contributed by atoms with Gasteiger partial charge in [-0.05, 0) is 24.1 Å². The van der Waals surface area contributed by atoms with Crippen molar-refractivity contribution in [3.05, 3.63) is 29.8 Å². The van der Waals surface area contributed by atoms with E-state index in [1.807, 2.05) is 19.1 Å². The largest absolute Gasteiger partial charge is 0.387 e. The Morgan fingerprint density at radius 1 is 1.38 bits per heavy atom. The third kappa shape index (κ3) is 2.90. The molecule has 0 atom stereocenters. The highest BCUT2D eigenvalue weighted by atomic mass is 14.8. The molecule has 0 saturated heterocycles. The first-order valence-electron chi connectivity index (χ1n) is 4.68. The van der Waals surface area contributed by atoms with E-state index in [0.29, 0.717) is 5.84 Å². The third-order valence-electron chi connectivity index (χ3n) is 1.95. The van der Waals surface area contributed by atoms with Crippen molar-refractivity contribution in [2.45, 2.75) is 26.7 Å². The molecule has 0 aliphatic rings. The molecule has 0 unspecified atom stereocenters. The monoisotopic (exact) mass is 176 g/mol. The SMILES string of the molecule is CCC(N)=Nc1cccc(CC)c1. The number of hydrogen-bond acceptors (Lipinski definition) is 1. The van der Waals surface area contributed by atoms with Gasteiger partial charge in [-0.2, -0.15) is 0 Å². The summed E-state index contributed by atoms with van der Waals surface area (Å²) in [4.78, 5) is 4.28. The van der Waals surface area contributed by atoms with Crippen LogP contribution in [0.25, 0.3) is 0 Å². The van der Waals surface area contributed by atoms with Crippen LogP contribution in [0.1, 0.15) is 25.8 Å². The highest BCUT2D eigenvalue weighted by Crippen LogP contribution is 2.14. The van der Waals surface area contributed by atoms with Gasteiger partial charge in [-0.1, -0.05) is 26.0 Å². The van der Waals surface area contributed by atoms with Crippen LogP contribution in [0.15, 0.2) is 29.3 Å². The fourth-order valence-electron chi connectivity index (χ4n) is 1.09. The first-order chi connectivity index (χ1) is 6.26. The zero-order chi connectivity index (χ0) is 9.68. The topological polar surface area (TPSA) is 38.4 Å². The van der Waals surface area contributed by atoms with Crippen molar-refractivity contribution in [1.29, 1.82) is 0 Å². The number of benzene rings is 1. The van der Waals surface area contributed by atoms with Crippen molar-refractivity contribution in [2.24, 2.45) is 10.7 Å². The molecule has 13 heavy (non-hydrogen) atoms. The van der Waals surface area contributed by atoms with Crippen molar-refractivity contribution >= 4 is 11.5 Å². The van der Waals surface area contributed by atoms with Gasteiger partial charge in [-0.3, -0.25) is 0 Å². The van der Waals surface area contributed by atoms with Crippen LogP contribution in [-0.4, -0.2) is 5.84 Å². The molecule has 1 rings (SSSR count). The number of hydrogen-bond donors (Lipinski definition) is 1. The minimum atomic E-state index is 0.688. The molecule has 0 aromatic heterocycles. The van der Waals surface area contributed by atoms with E-state index in [2.05, 4.69) is 24.0 Å². The van der Waals surface area contributed by atoms with Gasteiger partial charge in [-0.25, -0.2) is 4.99 Å². The first kappa shape index (κ1) is 9.78. The summed E-state index contributed by atoms with van der Waals surface area (Å²) in [5.41, 5.74) is 7.90. The molecule has 0 spiro atoms. The van der Waals surface area contributed by atoms with Crippen LogP contribution >= 0.6 is 0 Å². The molecule has 2 heteroatoms. The van der Waals surface area contributed by atoms with Gasteiger partial charge >= 0.3 is 0 Å². The lowest BCUT2D eigenvalue weighted by atomic mass is 10.1. The molecule has 0 aliphatic carbocycles. The van der Waals surface area contributed by atoms with E-state index in [-0.39, 0.29) is 0 Å². The molecule has 0 radical (unpaired) electrons. The summed E-state index contributed by atoms with van der Waals surface area (Å²) in [5.74, 6) is 0.688. The third-order valence-corrected chi connectivity index (χ3v) is 1.95. The molecule has 1 aromatic rings. The maximum Gasteiger partial charge on any atom is 0.0993 e. The number of nitrogens with zero attached hydrogens (tertiary/aromatic N) is 1. The van der Waals surface area contributed by atoms with Gasteiger partial charge in [0.1, 0.15) is 0 Å². The zero-order valence-corrected chi connectivity index (χ0v) is 8.25. The fraction of sp³-hybridized carbons (Fsp3) is 0.364. The summed E-state index contributed by atoms with van der Waals surface area (Å²) < 4.78 is 0. The summed E-state index contributed by atoms with van der Waals surface area (Å²) >= 11 is 0. The predicted molar refractivity (Wildman–Crippen MR) is 57.4 cm³/mol. The van der Waals surface area contributed by atoms with Gasteiger partial charge in [0.15, 0.2) is 0 Å². The number of amidine groups is 1. The molecule has 1 aromatic carbocycles. The van der Waals surface area contributed by atoms with E-state index >= 15 is 0 Å². The van der Waals surface area contributed by atoms with E-state index in [9.17, 15) is 0 Å². The van der Waals surface area contributed by atoms with Gasteiger partial charge in [0.05, 0.1) is 11.5 Å². The Morgan fingerprint density at radius 3 is 2.77 bits per heavy atom. The predicted octanol–water partition coefficient (Wildman–Crippen LogP) is 2.65. The lowest BCUT2D eigenvalue weighted by molar-refractivity contribution is 1.14. The molecule has 2 N–H and O–H groups in total. The minimum absolute atomic E-state index is 0.688. The van der Waals surface area contributed by atoms with Gasteiger partial charge < -0.3 is 5.73 Å². The normalized spacial score (nSPS) is 11.7. The average molecular weight is 176 g/mol. The molecule has 0 fully saturated rings. The fourth-order valence-corrected chi connectivity index (χ4v) is 1.09. The highest BCUT2D eigenvalue weighted by molar-refractivity contribution is 5.82. The summed E-state index contributed by atoms with van der Waals surface area (Å²) in [6.45, 7) is 4.13. The van der Waals surface area contributed by atoms with Crippen LogP contribution in [0.3, 0.4) is 0 Å². The molecule has 0 amide bonds. The van der Waals surface area contributed by atoms with E-state index in [1.165, 1.54) is 5.56 Å². The van der Waals surface area contributed by atoms with Gasteiger partial charge in [0.25, 0.3) is 0 Å². The Balaban J connectivity index is 2.89.